The molecule has 0 saturated heterocycles. The van der Waals surface area contributed by atoms with Gasteiger partial charge < -0.3 is 14.8 Å². The number of amides is 1. The van der Waals surface area contributed by atoms with Gasteiger partial charge in [-0.05, 0) is 48.9 Å². The van der Waals surface area contributed by atoms with Crippen molar-refractivity contribution in [1.29, 1.82) is 0 Å². The fourth-order valence-corrected chi connectivity index (χ4v) is 2.67. The Morgan fingerprint density at radius 3 is 2.30 bits per heavy atom. The minimum atomic E-state index is 0.0136. The summed E-state index contributed by atoms with van der Waals surface area (Å²) in [5.74, 6) is 2.07. The van der Waals surface area contributed by atoms with E-state index in [1.165, 1.54) is 11.8 Å². The summed E-state index contributed by atoms with van der Waals surface area (Å²) in [6.07, 6.45) is 0. The molecular formula is C18H21NO3S. The summed E-state index contributed by atoms with van der Waals surface area (Å²) in [4.78, 5) is 12.9. The second-order valence-corrected chi connectivity index (χ2v) is 5.87. The normalized spacial score (nSPS) is 10.2. The molecule has 2 rings (SSSR count). The van der Waals surface area contributed by atoms with Crippen LogP contribution in [0.15, 0.2) is 53.4 Å². The third-order valence-corrected chi connectivity index (χ3v) is 4.17. The van der Waals surface area contributed by atoms with Gasteiger partial charge in [-0.2, -0.15) is 0 Å². The van der Waals surface area contributed by atoms with Crippen LogP contribution in [0.4, 0.5) is 0 Å². The molecule has 0 atom stereocenters. The number of ether oxygens (including phenoxy) is 2. The summed E-state index contributed by atoms with van der Waals surface area (Å²) in [6, 6.07) is 15.4. The SMILES string of the molecule is CCOc1ccc(CNC(=O)CSc2ccc(OC)cc2)cc1. The second kappa shape index (κ2) is 9.10. The van der Waals surface area contributed by atoms with Crippen molar-refractivity contribution in [3.63, 3.8) is 0 Å². The highest BCUT2D eigenvalue weighted by atomic mass is 32.2. The minimum absolute atomic E-state index is 0.0136. The first-order valence-electron chi connectivity index (χ1n) is 7.46. The zero-order valence-corrected chi connectivity index (χ0v) is 14.2. The van der Waals surface area contributed by atoms with Crippen LogP contribution in [0.3, 0.4) is 0 Å². The van der Waals surface area contributed by atoms with Crippen LogP contribution in [0.1, 0.15) is 12.5 Å². The number of methoxy groups -OCH3 is 1. The van der Waals surface area contributed by atoms with Crippen molar-refractivity contribution in [3.8, 4) is 11.5 Å². The van der Waals surface area contributed by atoms with Crippen LogP contribution in [0, 0.1) is 0 Å². The Hall–Kier alpha value is -2.14. The summed E-state index contributed by atoms with van der Waals surface area (Å²) in [5.41, 5.74) is 1.05. The maximum absolute atomic E-state index is 11.9. The van der Waals surface area contributed by atoms with E-state index in [9.17, 15) is 4.79 Å². The average Bonchev–Trinajstić information content (AvgIpc) is 2.60. The lowest BCUT2D eigenvalue weighted by Gasteiger charge is -2.07. The third kappa shape index (κ3) is 5.87. The monoisotopic (exact) mass is 331 g/mol. The minimum Gasteiger partial charge on any atom is -0.497 e. The highest BCUT2D eigenvalue weighted by Crippen LogP contribution is 2.21. The van der Waals surface area contributed by atoms with E-state index in [0.717, 1.165) is 22.0 Å². The smallest absolute Gasteiger partial charge is 0.230 e. The van der Waals surface area contributed by atoms with Crippen LogP contribution in [-0.2, 0) is 11.3 Å². The highest BCUT2D eigenvalue weighted by molar-refractivity contribution is 8.00. The summed E-state index contributed by atoms with van der Waals surface area (Å²) in [7, 11) is 1.64. The zero-order chi connectivity index (χ0) is 16.5. The van der Waals surface area contributed by atoms with Crippen LogP contribution >= 0.6 is 11.8 Å². The lowest BCUT2D eigenvalue weighted by atomic mass is 10.2. The van der Waals surface area contributed by atoms with Crippen molar-refractivity contribution in [2.24, 2.45) is 0 Å². The largest absolute Gasteiger partial charge is 0.497 e. The highest BCUT2D eigenvalue weighted by Gasteiger charge is 2.03. The molecule has 0 aliphatic carbocycles. The fraction of sp³-hybridized carbons (Fsp3) is 0.278. The third-order valence-electron chi connectivity index (χ3n) is 3.15. The lowest BCUT2D eigenvalue weighted by Crippen LogP contribution is -2.24. The Balaban J connectivity index is 1.73. The number of carbonyl (C=O) groups is 1. The summed E-state index contributed by atoms with van der Waals surface area (Å²) < 4.78 is 10.5. The van der Waals surface area contributed by atoms with Gasteiger partial charge in [0, 0.05) is 11.4 Å². The predicted molar refractivity (Wildman–Crippen MR) is 93.2 cm³/mol. The molecule has 23 heavy (non-hydrogen) atoms. The maximum atomic E-state index is 11.9. The Morgan fingerprint density at radius 1 is 1.04 bits per heavy atom. The molecule has 0 saturated carbocycles. The number of carbonyl (C=O) groups excluding carboxylic acids is 1. The average molecular weight is 331 g/mol. The van der Waals surface area contributed by atoms with Gasteiger partial charge in [0.1, 0.15) is 11.5 Å². The van der Waals surface area contributed by atoms with Crippen LogP contribution in [0.25, 0.3) is 0 Å². The molecule has 0 fully saturated rings. The van der Waals surface area contributed by atoms with Crippen LogP contribution in [-0.4, -0.2) is 25.4 Å². The molecule has 0 spiro atoms. The van der Waals surface area contributed by atoms with E-state index in [1.54, 1.807) is 7.11 Å². The molecule has 5 heteroatoms. The van der Waals surface area contributed by atoms with Gasteiger partial charge in [0.2, 0.25) is 5.91 Å². The van der Waals surface area contributed by atoms with Gasteiger partial charge in [-0.25, -0.2) is 0 Å². The first-order valence-corrected chi connectivity index (χ1v) is 8.45. The number of nitrogens with one attached hydrogen (secondary N) is 1. The van der Waals surface area contributed by atoms with Crippen molar-refractivity contribution < 1.29 is 14.3 Å². The molecule has 0 aliphatic heterocycles. The van der Waals surface area contributed by atoms with Gasteiger partial charge in [-0.3, -0.25) is 4.79 Å². The fourth-order valence-electron chi connectivity index (χ4n) is 1.94. The van der Waals surface area contributed by atoms with Gasteiger partial charge in [-0.1, -0.05) is 12.1 Å². The maximum Gasteiger partial charge on any atom is 0.230 e. The van der Waals surface area contributed by atoms with E-state index in [2.05, 4.69) is 5.32 Å². The molecule has 0 unspecified atom stereocenters. The molecule has 0 radical (unpaired) electrons. The Labute approximate surface area is 141 Å². The molecular weight excluding hydrogens is 310 g/mol. The quantitative estimate of drug-likeness (QED) is 0.752. The van der Waals surface area contributed by atoms with E-state index in [1.807, 2.05) is 55.5 Å². The number of rotatable bonds is 8. The van der Waals surface area contributed by atoms with Crippen molar-refractivity contribution in [2.75, 3.05) is 19.5 Å². The predicted octanol–water partition coefficient (Wildman–Crippen LogP) is 3.50. The van der Waals surface area contributed by atoms with E-state index in [-0.39, 0.29) is 5.91 Å². The summed E-state index contributed by atoms with van der Waals surface area (Å²) in [6.45, 7) is 3.13. The van der Waals surface area contributed by atoms with E-state index >= 15 is 0 Å². The molecule has 2 aromatic carbocycles. The van der Waals surface area contributed by atoms with E-state index < -0.39 is 0 Å². The van der Waals surface area contributed by atoms with Crippen LogP contribution in [0.2, 0.25) is 0 Å². The Kier molecular flexibility index (Phi) is 6.81. The molecule has 2 aromatic rings. The van der Waals surface area contributed by atoms with E-state index in [0.29, 0.717) is 18.9 Å². The number of thioether (sulfide) groups is 1. The first-order chi connectivity index (χ1) is 11.2. The molecule has 0 aromatic heterocycles. The van der Waals surface area contributed by atoms with Crippen molar-refractivity contribution in [1.82, 2.24) is 5.32 Å². The van der Waals surface area contributed by atoms with Crippen LogP contribution < -0.4 is 14.8 Å². The lowest BCUT2D eigenvalue weighted by molar-refractivity contribution is -0.118. The first kappa shape index (κ1) is 17.2. The molecule has 0 aliphatic rings. The Morgan fingerprint density at radius 2 is 1.70 bits per heavy atom. The van der Waals surface area contributed by atoms with E-state index in [4.69, 9.17) is 9.47 Å². The van der Waals surface area contributed by atoms with Gasteiger partial charge >= 0.3 is 0 Å². The molecule has 4 nitrogen and oxygen atoms in total. The van der Waals surface area contributed by atoms with Crippen molar-refractivity contribution >= 4 is 17.7 Å². The molecule has 0 heterocycles. The van der Waals surface area contributed by atoms with Crippen molar-refractivity contribution in [3.05, 3.63) is 54.1 Å². The van der Waals surface area contributed by atoms with Gasteiger partial charge in [0.05, 0.1) is 19.5 Å². The topological polar surface area (TPSA) is 47.6 Å². The molecule has 1 amide bonds. The second-order valence-electron chi connectivity index (χ2n) is 4.82. The summed E-state index contributed by atoms with van der Waals surface area (Å²) in [5, 5.41) is 2.92. The van der Waals surface area contributed by atoms with Crippen molar-refractivity contribution in [2.45, 2.75) is 18.4 Å². The van der Waals surface area contributed by atoms with Gasteiger partial charge in [0.25, 0.3) is 0 Å². The molecule has 0 bridgehead atoms. The number of benzene rings is 2. The standard InChI is InChI=1S/C18H21NO3S/c1-3-22-16-6-4-14(5-7-16)12-19-18(20)13-23-17-10-8-15(21-2)9-11-17/h4-11H,3,12-13H2,1-2H3,(H,19,20). The van der Waals surface area contributed by atoms with Crippen LogP contribution in [0.5, 0.6) is 11.5 Å². The summed E-state index contributed by atoms with van der Waals surface area (Å²) >= 11 is 1.50. The number of hydrogen-bond acceptors (Lipinski definition) is 4. The Bertz CT molecular complexity index is 611. The van der Waals surface area contributed by atoms with Gasteiger partial charge in [0.15, 0.2) is 0 Å². The molecule has 122 valence electrons. The zero-order valence-electron chi connectivity index (χ0n) is 13.4. The molecule has 1 N–H and O–H groups in total. The number of hydrogen-bond donors (Lipinski definition) is 1. The van der Waals surface area contributed by atoms with Gasteiger partial charge in [-0.15, -0.1) is 11.8 Å².